The SMILES string of the molecule is CCN(CC(=O)NC(C)(C)C)C(=O)C=Cc1ccc(OC)c(Cl)c1. The van der Waals surface area contributed by atoms with Crippen LogP contribution in [0.25, 0.3) is 6.08 Å². The highest BCUT2D eigenvalue weighted by molar-refractivity contribution is 6.32. The molecule has 0 spiro atoms. The Hall–Kier alpha value is -2.01. The molecule has 0 radical (unpaired) electrons. The van der Waals surface area contributed by atoms with E-state index in [1.54, 1.807) is 31.4 Å². The first-order valence-electron chi connectivity index (χ1n) is 7.78. The third kappa shape index (κ3) is 6.62. The Kier molecular flexibility index (Phi) is 7.29. The normalized spacial score (nSPS) is 11.4. The highest BCUT2D eigenvalue weighted by atomic mass is 35.5. The summed E-state index contributed by atoms with van der Waals surface area (Å²) < 4.78 is 5.09. The van der Waals surface area contributed by atoms with Crippen LogP contribution in [0, 0.1) is 0 Å². The number of methoxy groups -OCH3 is 1. The molecule has 0 fully saturated rings. The summed E-state index contributed by atoms with van der Waals surface area (Å²) in [6.45, 7) is 8.01. The van der Waals surface area contributed by atoms with Gasteiger partial charge in [0, 0.05) is 18.2 Å². The van der Waals surface area contributed by atoms with Gasteiger partial charge >= 0.3 is 0 Å². The minimum Gasteiger partial charge on any atom is -0.495 e. The monoisotopic (exact) mass is 352 g/mol. The van der Waals surface area contributed by atoms with Crippen molar-refractivity contribution in [3.8, 4) is 5.75 Å². The minimum atomic E-state index is -0.324. The molecule has 0 unspecified atom stereocenters. The summed E-state index contributed by atoms with van der Waals surface area (Å²) in [5.74, 6) is 0.168. The lowest BCUT2D eigenvalue weighted by atomic mass is 10.1. The van der Waals surface area contributed by atoms with Crippen molar-refractivity contribution >= 4 is 29.5 Å². The van der Waals surface area contributed by atoms with Crippen molar-refractivity contribution in [2.24, 2.45) is 0 Å². The third-order valence-corrected chi connectivity index (χ3v) is 3.43. The van der Waals surface area contributed by atoms with Crippen molar-refractivity contribution in [1.82, 2.24) is 10.2 Å². The van der Waals surface area contributed by atoms with Gasteiger partial charge in [0.1, 0.15) is 5.75 Å². The number of ether oxygens (including phenoxy) is 1. The van der Waals surface area contributed by atoms with Crippen molar-refractivity contribution < 1.29 is 14.3 Å². The Labute approximate surface area is 148 Å². The Morgan fingerprint density at radius 3 is 2.50 bits per heavy atom. The molecule has 0 atom stereocenters. The molecule has 5 nitrogen and oxygen atoms in total. The van der Waals surface area contributed by atoms with Crippen LogP contribution in [0.3, 0.4) is 0 Å². The van der Waals surface area contributed by atoms with E-state index in [1.165, 1.54) is 11.0 Å². The molecule has 0 aliphatic carbocycles. The lowest BCUT2D eigenvalue weighted by Crippen LogP contribution is -2.47. The van der Waals surface area contributed by atoms with Crippen molar-refractivity contribution in [3.63, 3.8) is 0 Å². The van der Waals surface area contributed by atoms with E-state index in [4.69, 9.17) is 16.3 Å². The average Bonchev–Trinajstić information content (AvgIpc) is 2.48. The molecule has 0 saturated heterocycles. The predicted molar refractivity (Wildman–Crippen MR) is 97.2 cm³/mol. The molecule has 0 bridgehead atoms. The van der Waals surface area contributed by atoms with Gasteiger partial charge in [0.2, 0.25) is 11.8 Å². The van der Waals surface area contributed by atoms with Crippen LogP contribution >= 0.6 is 11.6 Å². The van der Waals surface area contributed by atoms with Gasteiger partial charge < -0.3 is 15.0 Å². The molecule has 132 valence electrons. The van der Waals surface area contributed by atoms with E-state index >= 15 is 0 Å². The summed E-state index contributed by atoms with van der Waals surface area (Å²) in [7, 11) is 1.54. The van der Waals surface area contributed by atoms with E-state index < -0.39 is 0 Å². The number of carbonyl (C=O) groups is 2. The lowest BCUT2D eigenvalue weighted by molar-refractivity contribution is -0.132. The summed E-state index contributed by atoms with van der Waals surface area (Å²) in [6, 6.07) is 5.25. The fraction of sp³-hybridized carbons (Fsp3) is 0.444. The number of nitrogens with one attached hydrogen (secondary N) is 1. The molecular formula is C18H25ClN2O3. The van der Waals surface area contributed by atoms with Gasteiger partial charge in [0.05, 0.1) is 18.7 Å². The van der Waals surface area contributed by atoms with Crippen LogP contribution in [0.15, 0.2) is 24.3 Å². The first-order chi connectivity index (χ1) is 11.2. The van der Waals surface area contributed by atoms with Crippen LogP contribution in [0.1, 0.15) is 33.3 Å². The van der Waals surface area contributed by atoms with Gasteiger partial charge in [-0.05, 0) is 51.5 Å². The Balaban J connectivity index is 2.73. The van der Waals surface area contributed by atoms with Gasteiger partial charge in [-0.25, -0.2) is 0 Å². The first-order valence-corrected chi connectivity index (χ1v) is 8.15. The predicted octanol–water partition coefficient (Wildman–Crippen LogP) is 3.13. The van der Waals surface area contributed by atoms with E-state index in [9.17, 15) is 9.59 Å². The Morgan fingerprint density at radius 2 is 2.00 bits per heavy atom. The molecule has 1 aromatic rings. The van der Waals surface area contributed by atoms with Crippen molar-refractivity contribution in [1.29, 1.82) is 0 Å². The quantitative estimate of drug-likeness (QED) is 0.800. The second kappa shape index (κ2) is 8.73. The van der Waals surface area contributed by atoms with Gasteiger partial charge in [-0.2, -0.15) is 0 Å². The van der Waals surface area contributed by atoms with Crippen LogP contribution in [-0.4, -0.2) is 42.5 Å². The van der Waals surface area contributed by atoms with E-state index in [0.717, 1.165) is 5.56 Å². The zero-order valence-corrected chi connectivity index (χ0v) is 15.6. The van der Waals surface area contributed by atoms with E-state index in [-0.39, 0.29) is 23.9 Å². The maximum Gasteiger partial charge on any atom is 0.247 e. The summed E-state index contributed by atoms with van der Waals surface area (Å²) in [4.78, 5) is 25.7. The molecule has 1 rings (SSSR count). The zero-order valence-electron chi connectivity index (χ0n) is 14.9. The van der Waals surface area contributed by atoms with Crippen LogP contribution in [-0.2, 0) is 9.59 Å². The Bertz CT molecular complexity index is 621. The number of carbonyl (C=O) groups excluding carboxylic acids is 2. The largest absolute Gasteiger partial charge is 0.495 e. The molecule has 2 amide bonds. The summed E-state index contributed by atoms with van der Waals surface area (Å²) in [5, 5.41) is 3.32. The highest BCUT2D eigenvalue weighted by Gasteiger charge is 2.18. The number of hydrogen-bond acceptors (Lipinski definition) is 3. The number of rotatable bonds is 6. The molecule has 24 heavy (non-hydrogen) atoms. The summed E-state index contributed by atoms with van der Waals surface area (Å²) >= 11 is 6.06. The molecule has 0 aliphatic rings. The highest BCUT2D eigenvalue weighted by Crippen LogP contribution is 2.25. The number of halogens is 1. The maximum absolute atomic E-state index is 12.3. The standard InChI is InChI=1S/C18H25ClN2O3/c1-6-21(12-16(22)20-18(2,3)4)17(23)10-8-13-7-9-15(24-5)14(19)11-13/h7-11H,6,12H2,1-5H3,(H,20,22). The minimum absolute atomic E-state index is 0.0281. The number of benzene rings is 1. The molecule has 0 aliphatic heterocycles. The van der Waals surface area contributed by atoms with Crippen LogP contribution in [0.4, 0.5) is 0 Å². The zero-order chi connectivity index (χ0) is 18.3. The van der Waals surface area contributed by atoms with Crippen LogP contribution in [0.2, 0.25) is 5.02 Å². The van der Waals surface area contributed by atoms with Crippen LogP contribution < -0.4 is 10.1 Å². The number of nitrogens with zero attached hydrogens (tertiary/aromatic N) is 1. The molecule has 1 aromatic carbocycles. The van der Waals surface area contributed by atoms with Gasteiger partial charge in [0.25, 0.3) is 0 Å². The average molecular weight is 353 g/mol. The van der Waals surface area contributed by atoms with E-state index in [2.05, 4.69) is 5.32 Å². The number of hydrogen-bond donors (Lipinski definition) is 1. The van der Waals surface area contributed by atoms with Gasteiger partial charge in [-0.15, -0.1) is 0 Å². The topological polar surface area (TPSA) is 58.6 Å². The second-order valence-corrected chi connectivity index (χ2v) is 6.79. The first kappa shape index (κ1) is 20.0. The van der Waals surface area contributed by atoms with Crippen LogP contribution in [0.5, 0.6) is 5.75 Å². The number of likely N-dealkylation sites (N-methyl/N-ethyl adjacent to an activating group) is 1. The maximum atomic E-state index is 12.3. The summed E-state index contributed by atoms with van der Waals surface area (Å²) in [5.41, 5.74) is 0.458. The molecular weight excluding hydrogens is 328 g/mol. The molecule has 1 N–H and O–H groups in total. The lowest BCUT2D eigenvalue weighted by Gasteiger charge is -2.24. The molecule has 6 heteroatoms. The fourth-order valence-electron chi connectivity index (χ4n) is 2.04. The van der Waals surface area contributed by atoms with E-state index in [1.807, 2.05) is 27.7 Å². The van der Waals surface area contributed by atoms with Gasteiger partial charge in [-0.3, -0.25) is 9.59 Å². The van der Waals surface area contributed by atoms with Gasteiger partial charge in [0.15, 0.2) is 0 Å². The van der Waals surface area contributed by atoms with Crippen molar-refractivity contribution in [2.75, 3.05) is 20.2 Å². The third-order valence-electron chi connectivity index (χ3n) is 3.14. The Morgan fingerprint density at radius 1 is 1.33 bits per heavy atom. The smallest absolute Gasteiger partial charge is 0.247 e. The van der Waals surface area contributed by atoms with Gasteiger partial charge in [-0.1, -0.05) is 17.7 Å². The van der Waals surface area contributed by atoms with Crippen molar-refractivity contribution in [2.45, 2.75) is 33.2 Å². The van der Waals surface area contributed by atoms with Crippen molar-refractivity contribution in [3.05, 3.63) is 34.9 Å². The molecule has 0 saturated carbocycles. The van der Waals surface area contributed by atoms with E-state index in [0.29, 0.717) is 17.3 Å². The second-order valence-electron chi connectivity index (χ2n) is 6.38. The summed E-state index contributed by atoms with van der Waals surface area (Å²) in [6.07, 6.45) is 3.10. The molecule has 0 heterocycles. The number of amides is 2. The molecule has 0 aromatic heterocycles. The fourth-order valence-corrected chi connectivity index (χ4v) is 2.30.